The first-order chi connectivity index (χ1) is 15.4. The highest BCUT2D eigenvalue weighted by Gasteiger charge is 2.22. The first-order valence-electron chi connectivity index (χ1n) is 10.7. The summed E-state index contributed by atoms with van der Waals surface area (Å²) >= 11 is 0. The minimum absolute atomic E-state index is 0.154. The molecule has 0 aliphatic heterocycles. The number of carbonyl (C=O) groups excluding carboxylic acids is 1. The van der Waals surface area contributed by atoms with Crippen LogP contribution < -0.4 is 10.6 Å². The van der Waals surface area contributed by atoms with E-state index in [2.05, 4.69) is 35.3 Å². The maximum Gasteiger partial charge on any atom is 0.317 e. The number of amides is 2. The summed E-state index contributed by atoms with van der Waals surface area (Å²) in [7, 11) is 3.96. The molecule has 0 radical (unpaired) electrons. The van der Waals surface area contributed by atoms with Crippen molar-refractivity contribution >= 4 is 26.6 Å². The number of aromatic nitrogens is 4. The van der Waals surface area contributed by atoms with Crippen LogP contribution in [0.4, 0.5) is 20.6 Å². The number of nitrogens with one attached hydrogen (secondary N) is 2. The number of alkyl halides is 1. The second kappa shape index (κ2) is 9.83. The molecule has 2 unspecified atom stereocenters. The molecule has 0 bridgehead atoms. The van der Waals surface area contributed by atoms with Gasteiger partial charge in [0.25, 0.3) is 0 Å². The van der Waals surface area contributed by atoms with Gasteiger partial charge in [0.15, 0.2) is 0 Å². The summed E-state index contributed by atoms with van der Waals surface area (Å²) in [6, 6.07) is 14.6. The average Bonchev–Trinajstić information content (AvgIpc) is 3.21. The molecular weight excluding hydrogens is 440 g/mol. The Labute approximate surface area is 196 Å². The van der Waals surface area contributed by atoms with Crippen molar-refractivity contribution in [2.24, 2.45) is 0 Å². The zero-order valence-electron chi connectivity index (χ0n) is 19.6. The minimum atomic E-state index is -1.47. The number of hydrogen-bond donors (Lipinski definition) is 2. The summed E-state index contributed by atoms with van der Waals surface area (Å²) in [5.41, 5.74) is 2.72. The maximum atomic E-state index is 14.1. The first-order valence-corrected chi connectivity index (χ1v) is 11.3. The van der Waals surface area contributed by atoms with E-state index in [0.29, 0.717) is 24.5 Å². The van der Waals surface area contributed by atoms with Crippen LogP contribution in [0.3, 0.4) is 0 Å². The van der Waals surface area contributed by atoms with Crippen LogP contribution in [0.1, 0.15) is 33.3 Å². The van der Waals surface area contributed by atoms with Crippen molar-refractivity contribution in [1.29, 1.82) is 0 Å². The lowest BCUT2D eigenvalue weighted by Gasteiger charge is -2.31. The van der Waals surface area contributed by atoms with Crippen LogP contribution in [0.5, 0.6) is 0 Å². The quantitative estimate of drug-likeness (QED) is 0.494. The van der Waals surface area contributed by atoms with Crippen LogP contribution in [0.15, 0.2) is 48.5 Å². The molecule has 2 amide bonds. The fraction of sp³-hybridized carbons (Fsp3) is 0.391. The molecule has 176 valence electrons. The average molecular weight is 472 g/mol. The summed E-state index contributed by atoms with van der Waals surface area (Å²) < 4.78 is 14.1. The van der Waals surface area contributed by atoms with Gasteiger partial charge in [0.2, 0.25) is 5.82 Å². The number of carbonyl (C=O) groups is 1. The zero-order chi connectivity index (χ0) is 24.2. The third-order valence-corrected chi connectivity index (χ3v) is 5.58. The summed E-state index contributed by atoms with van der Waals surface area (Å²) in [6.45, 7) is 8.18. The molecule has 2 N–H and O–H groups in total. The predicted octanol–water partition coefficient (Wildman–Crippen LogP) is 4.54. The van der Waals surface area contributed by atoms with E-state index in [1.165, 1.54) is 11.7 Å². The molecule has 0 saturated heterocycles. The number of para-hydroxylation sites is 1. The van der Waals surface area contributed by atoms with E-state index in [9.17, 15) is 9.18 Å². The molecule has 1 aromatic heterocycles. The Bertz CT molecular complexity index is 1090. The van der Waals surface area contributed by atoms with Gasteiger partial charge in [-0.3, -0.25) is 0 Å². The van der Waals surface area contributed by atoms with Crippen molar-refractivity contribution in [3.8, 4) is 11.4 Å². The van der Waals surface area contributed by atoms with E-state index in [1.54, 1.807) is 24.1 Å². The second-order valence-electron chi connectivity index (χ2n) is 8.99. The maximum absolute atomic E-state index is 14.1. The normalized spacial score (nSPS) is 13.3. The van der Waals surface area contributed by atoms with Crippen molar-refractivity contribution in [2.45, 2.75) is 45.2 Å². The van der Waals surface area contributed by atoms with Gasteiger partial charge in [-0.25, -0.2) is 9.18 Å². The van der Waals surface area contributed by atoms with Crippen molar-refractivity contribution in [1.82, 2.24) is 30.4 Å². The Hall–Kier alpha value is -3.06. The molecule has 0 aliphatic rings. The highest BCUT2D eigenvalue weighted by atomic mass is 31.0. The smallest absolute Gasteiger partial charge is 0.317 e. The third kappa shape index (κ3) is 6.48. The number of rotatable bonds is 7. The fourth-order valence-electron chi connectivity index (χ4n) is 2.95. The SMILES string of the molecule is CN(C(=O)NCCn1nnc(-c2ccccc2Nc2ccc(C(C)(F)P)cc2)n1)C(C)(C)C. The lowest BCUT2D eigenvalue weighted by atomic mass is 10.1. The minimum Gasteiger partial charge on any atom is -0.355 e. The van der Waals surface area contributed by atoms with Gasteiger partial charge in [0, 0.05) is 36.1 Å². The number of benzene rings is 2. The van der Waals surface area contributed by atoms with Gasteiger partial charge in [0.05, 0.1) is 6.54 Å². The standard InChI is InChI=1S/C23H31FN7OP/c1-22(2,3)30(5)21(32)25-14-15-31-28-20(27-29-31)18-8-6-7-9-19(18)26-17-12-10-16(11-13-17)23(4,24)33/h6-13,26H,14-15,33H2,1-5H3,(H,25,32). The molecule has 0 fully saturated rings. The van der Waals surface area contributed by atoms with Gasteiger partial charge >= 0.3 is 6.03 Å². The van der Waals surface area contributed by atoms with Crippen LogP contribution >= 0.6 is 9.24 Å². The lowest BCUT2D eigenvalue weighted by molar-refractivity contribution is 0.165. The fourth-order valence-corrected chi connectivity index (χ4v) is 3.15. The summed E-state index contributed by atoms with van der Waals surface area (Å²) in [5, 5.41) is 17.5. The molecule has 33 heavy (non-hydrogen) atoms. The number of hydrogen-bond acceptors (Lipinski definition) is 5. The molecule has 0 aliphatic carbocycles. The van der Waals surface area contributed by atoms with Gasteiger partial charge in [-0.1, -0.05) is 33.5 Å². The molecule has 8 nitrogen and oxygen atoms in total. The van der Waals surface area contributed by atoms with Gasteiger partial charge in [0.1, 0.15) is 5.41 Å². The van der Waals surface area contributed by atoms with Crippen LogP contribution in [0.2, 0.25) is 0 Å². The Morgan fingerprint density at radius 3 is 2.42 bits per heavy atom. The molecule has 1 heterocycles. The highest BCUT2D eigenvalue weighted by molar-refractivity contribution is 7.18. The lowest BCUT2D eigenvalue weighted by Crippen LogP contribution is -2.48. The van der Waals surface area contributed by atoms with Crippen LogP contribution in [0, 0.1) is 0 Å². The Morgan fingerprint density at radius 1 is 1.12 bits per heavy atom. The number of tetrazole rings is 1. The van der Waals surface area contributed by atoms with Crippen molar-refractivity contribution in [3.05, 3.63) is 54.1 Å². The van der Waals surface area contributed by atoms with E-state index >= 15 is 0 Å². The van der Waals surface area contributed by atoms with E-state index in [-0.39, 0.29) is 11.6 Å². The van der Waals surface area contributed by atoms with Gasteiger partial charge < -0.3 is 15.5 Å². The summed E-state index contributed by atoms with van der Waals surface area (Å²) in [5.74, 6) is 0.467. The molecule has 10 heteroatoms. The molecule has 0 spiro atoms. The summed E-state index contributed by atoms with van der Waals surface area (Å²) in [4.78, 5) is 15.3. The molecular formula is C23H31FN7OP. The van der Waals surface area contributed by atoms with Gasteiger partial charge in [-0.15, -0.1) is 10.2 Å². The largest absolute Gasteiger partial charge is 0.355 e. The van der Waals surface area contributed by atoms with Crippen LogP contribution in [0.25, 0.3) is 11.4 Å². The van der Waals surface area contributed by atoms with Crippen LogP contribution in [-0.2, 0) is 12.0 Å². The number of urea groups is 1. The van der Waals surface area contributed by atoms with Crippen molar-refractivity contribution in [3.63, 3.8) is 0 Å². The molecule has 0 saturated carbocycles. The van der Waals surface area contributed by atoms with Gasteiger partial charge in [-0.05, 0) is 62.7 Å². The second-order valence-corrected chi connectivity index (χ2v) is 10.1. The zero-order valence-corrected chi connectivity index (χ0v) is 20.8. The van der Waals surface area contributed by atoms with E-state index in [0.717, 1.165) is 16.9 Å². The van der Waals surface area contributed by atoms with E-state index in [1.807, 2.05) is 57.2 Å². The Kier molecular flexibility index (Phi) is 7.32. The van der Waals surface area contributed by atoms with Crippen molar-refractivity contribution in [2.75, 3.05) is 18.9 Å². The Balaban J connectivity index is 1.66. The topological polar surface area (TPSA) is 88.0 Å². The number of nitrogens with zero attached hydrogens (tertiary/aromatic N) is 5. The Morgan fingerprint density at radius 2 is 1.79 bits per heavy atom. The highest BCUT2D eigenvalue weighted by Crippen LogP contribution is 2.34. The third-order valence-electron chi connectivity index (χ3n) is 5.25. The predicted molar refractivity (Wildman–Crippen MR) is 132 cm³/mol. The molecule has 3 aromatic rings. The molecule has 3 rings (SSSR count). The summed E-state index contributed by atoms with van der Waals surface area (Å²) in [6.07, 6.45) is 0. The van der Waals surface area contributed by atoms with Crippen LogP contribution in [-0.4, -0.2) is 50.3 Å². The molecule has 2 atom stereocenters. The van der Waals surface area contributed by atoms with E-state index in [4.69, 9.17) is 0 Å². The monoisotopic (exact) mass is 471 g/mol. The number of halogens is 1. The van der Waals surface area contributed by atoms with E-state index < -0.39 is 5.41 Å². The van der Waals surface area contributed by atoms with Crippen molar-refractivity contribution < 1.29 is 9.18 Å². The molecule has 2 aromatic carbocycles. The van der Waals surface area contributed by atoms with Gasteiger partial charge in [-0.2, -0.15) is 4.80 Å². The number of anilines is 2. The first kappa shape index (κ1) is 24.6.